The lowest BCUT2D eigenvalue weighted by Gasteiger charge is -2.15. The van der Waals surface area contributed by atoms with Gasteiger partial charge in [-0.2, -0.15) is 4.31 Å². The number of sulfonamides is 1. The van der Waals surface area contributed by atoms with Crippen LogP contribution in [0.5, 0.6) is 5.75 Å². The van der Waals surface area contributed by atoms with Crippen LogP contribution in [0.3, 0.4) is 0 Å². The maximum absolute atomic E-state index is 11.7. The van der Waals surface area contributed by atoms with E-state index in [0.29, 0.717) is 31.1 Å². The molecule has 2 rings (SSSR count). The van der Waals surface area contributed by atoms with Crippen molar-refractivity contribution in [2.24, 2.45) is 5.92 Å². The minimum absolute atomic E-state index is 0.191. The lowest BCUT2D eigenvalue weighted by molar-refractivity contribution is 0.274. The molecule has 1 atom stereocenters. The van der Waals surface area contributed by atoms with E-state index in [9.17, 15) is 8.42 Å². The van der Waals surface area contributed by atoms with Crippen LogP contribution < -0.4 is 10.5 Å². The zero-order valence-corrected chi connectivity index (χ0v) is 11.2. The second kappa shape index (κ2) is 5.16. The summed E-state index contributed by atoms with van der Waals surface area (Å²) < 4.78 is 30.4. The molecule has 0 amide bonds. The first-order valence-electron chi connectivity index (χ1n) is 5.94. The van der Waals surface area contributed by atoms with Crippen molar-refractivity contribution in [3.63, 3.8) is 0 Å². The number of nitrogens with zero attached hydrogens (tertiary/aromatic N) is 1. The highest BCUT2D eigenvalue weighted by molar-refractivity contribution is 7.89. The lowest BCUT2D eigenvalue weighted by Crippen LogP contribution is -2.30. The number of hydrogen-bond acceptors (Lipinski definition) is 4. The van der Waals surface area contributed by atoms with Gasteiger partial charge in [-0.3, -0.25) is 0 Å². The van der Waals surface area contributed by atoms with Gasteiger partial charge in [0.15, 0.2) is 0 Å². The normalized spacial score (nSPS) is 23.1. The van der Waals surface area contributed by atoms with Crippen LogP contribution in [0.2, 0.25) is 0 Å². The van der Waals surface area contributed by atoms with Crippen LogP contribution in [0.15, 0.2) is 24.3 Å². The van der Waals surface area contributed by atoms with Crippen molar-refractivity contribution < 1.29 is 13.2 Å². The van der Waals surface area contributed by atoms with E-state index in [1.54, 1.807) is 12.1 Å². The molecule has 1 aliphatic heterocycles. The minimum Gasteiger partial charge on any atom is -0.490 e. The van der Waals surface area contributed by atoms with Gasteiger partial charge in [0.2, 0.25) is 10.0 Å². The molecule has 18 heavy (non-hydrogen) atoms. The molecule has 0 spiro atoms. The fourth-order valence-corrected chi connectivity index (χ4v) is 3.95. The molecule has 1 saturated heterocycles. The lowest BCUT2D eigenvalue weighted by atomic mass is 10.2. The van der Waals surface area contributed by atoms with Crippen molar-refractivity contribution in [1.29, 1.82) is 0 Å². The Balaban J connectivity index is 1.88. The van der Waals surface area contributed by atoms with Crippen LogP contribution in [0.1, 0.15) is 6.92 Å². The highest BCUT2D eigenvalue weighted by Crippen LogP contribution is 2.21. The van der Waals surface area contributed by atoms with Crippen molar-refractivity contribution in [3.8, 4) is 5.75 Å². The van der Waals surface area contributed by atoms with Crippen LogP contribution in [0, 0.1) is 5.92 Å². The summed E-state index contributed by atoms with van der Waals surface area (Å²) in [6, 6.07) is 7.19. The average Bonchev–Trinajstić information content (AvgIpc) is 2.54. The monoisotopic (exact) mass is 270 g/mol. The first-order chi connectivity index (χ1) is 8.49. The van der Waals surface area contributed by atoms with Crippen LogP contribution in [-0.4, -0.2) is 38.2 Å². The molecule has 0 saturated carbocycles. The summed E-state index contributed by atoms with van der Waals surface area (Å²) in [4.78, 5) is 0. The van der Waals surface area contributed by atoms with Gasteiger partial charge in [-0.05, 0) is 18.1 Å². The fraction of sp³-hybridized carbons (Fsp3) is 0.500. The minimum atomic E-state index is -3.08. The molecule has 0 radical (unpaired) electrons. The molecular weight excluding hydrogens is 252 g/mol. The van der Waals surface area contributed by atoms with E-state index in [2.05, 4.69) is 0 Å². The highest BCUT2D eigenvalue weighted by atomic mass is 32.2. The Morgan fingerprint density at radius 2 is 2.17 bits per heavy atom. The maximum Gasteiger partial charge on any atom is 0.214 e. The summed E-state index contributed by atoms with van der Waals surface area (Å²) in [6.45, 7) is 3.21. The smallest absolute Gasteiger partial charge is 0.214 e. The summed E-state index contributed by atoms with van der Waals surface area (Å²) >= 11 is 0. The van der Waals surface area contributed by atoms with E-state index in [4.69, 9.17) is 10.5 Å². The van der Waals surface area contributed by atoms with Gasteiger partial charge >= 0.3 is 0 Å². The molecule has 2 N–H and O–H groups in total. The predicted molar refractivity (Wildman–Crippen MR) is 70.9 cm³/mol. The van der Waals surface area contributed by atoms with Gasteiger partial charge in [0, 0.05) is 13.1 Å². The molecule has 1 fully saturated rings. The van der Waals surface area contributed by atoms with Crippen LogP contribution in [-0.2, 0) is 10.0 Å². The molecule has 0 bridgehead atoms. The number of rotatable bonds is 4. The number of ether oxygens (including phenoxy) is 1. The number of nitrogen functional groups attached to an aromatic ring is 1. The van der Waals surface area contributed by atoms with E-state index in [1.807, 2.05) is 19.1 Å². The van der Waals surface area contributed by atoms with Crippen LogP contribution in [0.25, 0.3) is 0 Å². The molecule has 0 aliphatic carbocycles. The second-order valence-electron chi connectivity index (χ2n) is 4.63. The quantitative estimate of drug-likeness (QED) is 0.826. The fourth-order valence-electron chi connectivity index (χ4n) is 2.08. The van der Waals surface area contributed by atoms with Gasteiger partial charge in [0.05, 0.1) is 11.4 Å². The third-order valence-electron chi connectivity index (χ3n) is 2.92. The zero-order valence-electron chi connectivity index (χ0n) is 10.4. The Labute approximate surface area is 108 Å². The maximum atomic E-state index is 11.7. The summed E-state index contributed by atoms with van der Waals surface area (Å²) in [5.41, 5.74) is 6.30. The third kappa shape index (κ3) is 2.94. The standard InChI is InChI=1S/C12H18N2O3S/c1-10-8-14(18(15,16)9-10)6-7-17-12-5-3-2-4-11(12)13/h2-5,10H,6-9,13H2,1H3. The number of nitrogens with two attached hydrogens (primary N) is 1. The molecule has 1 aromatic carbocycles. The van der Waals surface area contributed by atoms with E-state index >= 15 is 0 Å². The molecule has 1 aromatic rings. The van der Waals surface area contributed by atoms with Crippen molar-refractivity contribution >= 4 is 15.7 Å². The van der Waals surface area contributed by atoms with Crippen LogP contribution >= 0.6 is 0 Å². The first-order valence-corrected chi connectivity index (χ1v) is 7.55. The second-order valence-corrected chi connectivity index (χ2v) is 6.64. The Morgan fingerprint density at radius 1 is 1.44 bits per heavy atom. The Kier molecular flexibility index (Phi) is 3.77. The largest absolute Gasteiger partial charge is 0.490 e. The Hall–Kier alpha value is -1.27. The third-order valence-corrected chi connectivity index (χ3v) is 5.03. The van der Waals surface area contributed by atoms with Crippen molar-refractivity contribution in [2.75, 3.05) is 31.2 Å². The SMILES string of the molecule is CC1CN(CCOc2ccccc2N)S(=O)(=O)C1. The van der Waals surface area contributed by atoms with Gasteiger partial charge in [-0.15, -0.1) is 0 Å². The van der Waals surface area contributed by atoms with Gasteiger partial charge in [-0.25, -0.2) is 8.42 Å². The summed E-state index contributed by atoms with van der Waals surface area (Å²) in [5.74, 6) is 1.03. The van der Waals surface area contributed by atoms with E-state index in [-0.39, 0.29) is 11.7 Å². The number of anilines is 1. The van der Waals surface area contributed by atoms with E-state index in [0.717, 1.165) is 0 Å². The zero-order chi connectivity index (χ0) is 13.2. The number of benzene rings is 1. The molecule has 6 heteroatoms. The molecule has 1 aliphatic rings. The van der Waals surface area contributed by atoms with Gasteiger partial charge in [0.1, 0.15) is 12.4 Å². The molecule has 5 nitrogen and oxygen atoms in total. The van der Waals surface area contributed by atoms with Gasteiger partial charge in [-0.1, -0.05) is 19.1 Å². The van der Waals surface area contributed by atoms with E-state index in [1.165, 1.54) is 4.31 Å². The van der Waals surface area contributed by atoms with E-state index < -0.39 is 10.0 Å². The average molecular weight is 270 g/mol. The van der Waals surface area contributed by atoms with Crippen molar-refractivity contribution in [2.45, 2.75) is 6.92 Å². The Bertz CT molecular complexity index is 516. The summed E-state index contributed by atoms with van der Waals surface area (Å²) in [5, 5.41) is 0. The van der Waals surface area contributed by atoms with Crippen molar-refractivity contribution in [1.82, 2.24) is 4.31 Å². The molecule has 1 unspecified atom stereocenters. The van der Waals surface area contributed by atoms with Crippen molar-refractivity contribution in [3.05, 3.63) is 24.3 Å². The van der Waals surface area contributed by atoms with Gasteiger partial charge < -0.3 is 10.5 Å². The number of hydrogen-bond donors (Lipinski definition) is 1. The topological polar surface area (TPSA) is 72.6 Å². The highest BCUT2D eigenvalue weighted by Gasteiger charge is 2.33. The summed E-state index contributed by atoms with van der Waals surface area (Å²) in [7, 11) is -3.08. The van der Waals surface area contributed by atoms with Gasteiger partial charge in [0.25, 0.3) is 0 Å². The molecule has 0 aromatic heterocycles. The molecule has 1 heterocycles. The number of para-hydroxylation sites is 2. The summed E-state index contributed by atoms with van der Waals surface area (Å²) in [6.07, 6.45) is 0. The van der Waals surface area contributed by atoms with Crippen LogP contribution in [0.4, 0.5) is 5.69 Å². The predicted octanol–water partition coefficient (Wildman–Crippen LogP) is 0.929. The first kappa shape index (κ1) is 13.2. The molecule has 100 valence electrons. The molecular formula is C12H18N2O3S. The Morgan fingerprint density at radius 3 is 2.78 bits per heavy atom.